The van der Waals surface area contributed by atoms with Gasteiger partial charge in [-0.05, 0) is 13.8 Å². The molecule has 0 aromatic carbocycles. The molecule has 1 aliphatic heterocycles. The Morgan fingerprint density at radius 2 is 2.25 bits per heavy atom. The van der Waals surface area contributed by atoms with Gasteiger partial charge in [-0.1, -0.05) is 0 Å². The molecule has 0 atom stereocenters. The average molecular weight is 224 g/mol. The lowest BCUT2D eigenvalue weighted by atomic mass is 10.1. The van der Waals surface area contributed by atoms with Crippen LogP contribution in [0.3, 0.4) is 0 Å². The summed E-state index contributed by atoms with van der Waals surface area (Å²) in [6, 6.07) is 0.0111. The van der Waals surface area contributed by atoms with E-state index in [1.54, 1.807) is 17.1 Å². The Bertz CT molecular complexity index is 398. The lowest BCUT2D eigenvalue weighted by molar-refractivity contribution is -0.670. The first-order chi connectivity index (χ1) is 7.48. The molecule has 0 unspecified atom stereocenters. The standard InChI is InChI=1S/C11H18N3O2/c1-11(2)8-13(6-7-16-11)10(15)14-5-4-12(3)9-14/h4-5,9H,6-8H2,1-3H3/q+1. The fourth-order valence-electron chi connectivity index (χ4n) is 1.91. The number of rotatable bonds is 0. The number of hydrogen-bond donors (Lipinski definition) is 0. The molecule has 0 spiro atoms. The lowest BCUT2D eigenvalue weighted by Crippen LogP contribution is -2.51. The molecule has 88 valence electrons. The van der Waals surface area contributed by atoms with Crippen molar-refractivity contribution in [2.24, 2.45) is 7.05 Å². The van der Waals surface area contributed by atoms with E-state index in [0.29, 0.717) is 19.7 Å². The van der Waals surface area contributed by atoms with Gasteiger partial charge in [0.1, 0.15) is 12.4 Å². The van der Waals surface area contributed by atoms with Crippen LogP contribution in [0.4, 0.5) is 4.79 Å². The molecule has 5 nitrogen and oxygen atoms in total. The minimum atomic E-state index is -0.247. The van der Waals surface area contributed by atoms with Gasteiger partial charge >= 0.3 is 6.03 Å². The van der Waals surface area contributed by atoms with Gasteiger partial charge in [0.25, 0.3) is 6.33 Å². The van der Waals surface area contributed by atoms with Gasteiger partial charge in [-0.3, -0.25) is 4.90 Å². The highest BCUT2D eigenvalue weighted by molar-refractivity contribution is 5.76. The van der Waals surface area contributed by atoms with Gasteiger partial charge in [-0.25, -0.2) is 9.36 Å². The second-order valence-electron chi connectivity index (χ2n) is 4.80. The van der Waals surface area contributed by atoms with E-state index in [2.05, 4.69) is 0 Å². The predicted octanol–water partition coefficient (Wildman–Crippen LogP) is 0.391. The Morgan fingerprint density at radius 3 is 2.81 bits per heavy atom. The number of aryl methyl sites for hydroxylation is 1. The highest BCUT2D eigenvalue weighted by Crippen LogP contribution is 2.16. The highest BCUT2D eigenvalue weighted by Gasteiger charge is 2.32. The molecule has 0 N–H and O–H groups in total. The molecule has 0 bridgehead atoms. The Kier molecular flexibility index (Phi) is 2.71. The molecule has 0 radical (unpaired) electrons. The first kappa shape index (κ1) is 11.1. The number of carbonyl (C=O) groups excluding carboxylic acids is 1. The molecule has 0 aliphatic carbocycles. The largest absolute Gasteiger partial charge is 0.415 e. The van der Waals surface area contributed by atoms with E-state index >= 15 is 0 Å². The lowest BCUT2D eigenvalue weighted by Gasteiger charge is -2.36. The molecule has 1 amide bonds. The number of morpholine rings is 1. The van der Waals surface area contributed by atoms with Crippen molar-refractivity contribution in [2.45, 2.75) is 19.4 Å². The summed E-state index contributed by atoms with van der Waals surface area (Å²) in [7, 11) is 1.90. The number of imidazole rings is 1. The Morgan fingerprint density at radius 1 is 1.50 bits per heavy atom. The topological polar surface area (TPSA) is 38.3 Å². The number of amides is 1. The van der Waals surface area contributed by atoms with Crippen LogP contribution in [0.15, 0.2) is 18.7 Å². The minimum absolute atomic E-state index is 0.0111. The Labute approximate surface area is 95.2 Å². The van der Waals surface area contributed by atoms with Crippen LogP contribution >= 0.6 is 0 Å². The summed E-state index contributed by atoms with van der Waals surface area (Å²) >= 11 is 0. The first-order valence-corrected chi connectivity index (χ1v) is 5.44. The zero-order chi connectivity index (χ0) is 11.8. The van der Waals surface area contributed by atoms with E-state index < -0.39 is 0 Å². The van der Waals surface area contributed by atoms with Crippen molar-refractivity contribution in [3.8, 4) is 0 Å². The molecule has 1 fully saturated rings. The molecular weight excluding hydrogens is 206 g/mol. The minimum Gasteiger partial charge on any atom is -0.372 e. The molecule has 16 heavy (non-hydrogen) atoms. The van der Waals surface area contributed by atoms with Crippen LogP contribution in [0.2, 0.25) is 0 Å². The van der Waals surface area contributed by atoms with Crippen molar-refractivity contribution >= 4 is 6.03 Å². The molecule has 0 saturated carbocycles. The monoisotopic (exact) mass is 224 g/mol. The van der Waals surface area contributed by atoms with Gasteiger partial charge in [0.2, 0.25) is 0 Å². The zero-order valence-corrected chi connectivity index (χ0v) is 10.0. The Balaban J connectivity index is 2.10. The van der Waals surface area contributed by atoms with Crippen LogP contribution in [0.25, 0.3) is 0 Å². The molecule has 2 rings (SSSR count). The van der Waals surface area contributed by atoms with Gasteiger partial charge in [-0.2, -0.15) is 4.57 Å². The van der Waals surface area contributed by atoms with Gasteiger partial charge in [0.15, 0.2) is 0 Å². The van der Waals surface area contributed by atoms with E-state index in [1.165, 1.54) is 0 Å². The van der Waals surface area contributed by atoms with Crippen molar-refractivity contribution in [3.63, 3.8) is 0 Å². The zero-order valence-electron chi connectivity index (χ0n) is 10.0. The summed E-state index contributed by atoms with van der Waals surface area (Å²) < 4.78 is 9.03. The van der Waals surface area contributed by atoms with E-state index in [0.717, 1.165) is 0 Å². The van der Waals surface area contributed by atoms with Crippen molar-refractivity contribution in [1.82, 2.24) is 9.47 Å². The summed E-state index contributed by atoms with van der Waals surface area (Å²) in [4.78, 5) is 13.9. The number of nitrogens with zero attached hydrogens (tertiary/aromatic N) is 3. The van der Waals surface area contributed by atoms with Gasteiger partial charge in [0.05, 0.1) is 25.8 Å². The summed E-state index contributed by atoms with van der Waals surface area (Å²) in [6.45, 7) is 5.90. The normalized spacial score (nSPS) is 19.8. The van der Waals surface area contributed by atoms with Crippen LogP contribution in [0, 0.1) is 0 Å². The number of hydrogen-bond acceptors (Lipinski definition) is 2. The number of aromatic nitrogens is 2. The maximum Gasteiger partial charge on any atom is 0.415 e. The van der Waals surface area contributed by atoms with E-state index in [-0.39, 0.29) is 11.6 Å². The van der Waals surface area contributed by atoms with Crippen molar-refractivity contribution < 1.29 is 14.1 Å². The second kappa shape index (κ2) is 3.90. The maximum atomic E-state index is 12.1. The van der Waals surface area contributed by atoms with Gasteiger partial charge in [-0.15, -0.1) is 0 Å². The van der Waals surface area contributed by atoms with Crippen molar-refractivity contribution in [1.29, 1.82) is 0 Å². The maximum absolute atomic E-state index is 12.1. The summed E-state index contributed by atoms with van der Waals surface area (Å²) in [5.41, 5.74) is -0.247. The van der Waals surface area contributed by atoms with Gasteiger partial charge in [0, 0.05) is 6.54 Å². The van der Waals surface area contributed by atoms with Gasteiger partial charge < -0.3 is 4.74 Å². The fraction of sp³-hybridized carbons (Fsp3) is 0.636. The van der Waals surface area contributed by atoms with Crippen LogP contribution in [0.1, 0.15) is 13.8 Å². The molecular formula is C11H18N3O2+. The summed E-state index contributed by atoms with van der Waals surface area (Å²) in [5.74, 6) is 0. The SMILES string of the molecule is C[n+]1ccn(C(=O)N2CCOC(C)(C)C2)c1. The van der Waals surface area contributed by atoms with Crippen LogP contribution in [-0.4, -0.2) is 40.8 Å². The summed E-state index contributed by atoms with van der Waals surface area (Å²) in [6.07, 6.45) is 5.39. The molecule has 2 heterocycles. The third kappa shape index (κ3) is 2.24. The van der Waals surface area contributed by atoms with E-state index in [9.17, 15) is 4.79 Å². The molecule has 1 saturated heterocycles. The van der Waals surface area contributed by atoms with Crippen LogP contribution in [-0.2, 0) is 11.8 Å². The molecule has 1 aromatic rings. The van der Waals surface area contributed by atoms with Crippen molar-refractivity contribution in [3.05, 3.63) is 18.7 Å². The fourth-order valence-corrected chi connectivity index (χ4v) is 1.91. The number of ether oxygens (including phenoxy) is 1. The van der Waals surface area contributed by atoms with E-state index in [1.807, 2.05) is 36.6 Å². The predicted molar refractivity (Wildman–Crippen MR) is 58.0 cm³/mol. The Hall–Kier alpha value is -1.36. The van der Waals surface area contributed by atoms with Crippen LogP contribution < -0.4 is 4.57 Å². The number of carbonyl (C=O) groups is 1. The average Bonchev–Trinajstić information content (AvgIpc) is 2.62. The third-order valence-corrected chi connectivity index (χ3v) is 2.69. The molecule has 1 aromatic heterocycles. The summed E-state index contributed by atoms with van der Waals surface area (Å²) in [5, 5.41) is 0. The van der Waals surface area contributed by atoms with E-state index in [4.69, 9.17) is 4.74 Å². The second-order valence-corrected chi connectivity index (χ2v) is 4.80. The smallest absolute Gasteiger partial charge is 0.372 e. The highest BCUT2D eigenvalue weighted by atomic mass is 16.5. The van der Waals surface area contributed by atoms with Crippen LogP contribution in [0.5, 0.6) is 0 Å². The third-order valence-electron chi connectivity index (χ3n) is 2.69. The van der Waals surface area contributed by atoms with Crippen molar-refractivity contribution in [2.75, 3.05) is 19.7 Å². The molecule has 1 aliphatic rings. The first-order valence-electron chi connectivity index (χ1n) is 5.44. The quantitative estimate of drug-likeness (QED) is 0.598. The molecule has 5 heteroatoms.